The van der Waals surface area contributed by atoms with E-state index in [1.54, 1.807) is 6.92 Å². The minimum absolute atomic E-state index is 0.173. The van der Waals surface area contributed by atoms with Crippen LogP contribution in [0.5, 0.6) is 0 Å². The summed E-state index contributed by atoms with van der Waals surface area (Å²) in [4.78, 5) is 25.9. The average Bonchev–Trinajstić information content (AvgIpc) is 3.26. The Kier molecular flexibility index (Phi) is 7.39. The minimum atomic E-state index is -2.01. The zero-order valence-electron chi connectivity index (χ0n) is 23.4. The molecule has 0 aromatic heterocycles. The number of esters is 1. The number of Topliss-reactive ketones (excluding diaryl/α,β-unsaturated/α-hetero) is 1. The Hall–Kier alpha value is -1.16. The lowest BCUT2D eigenvalue weighted by molar-refractivity contribution is -0.169. The molecule has 0 saturated heterocycles. The van der Waals surface area contributed by atoms with Crippen molar-refractivity contribution in [3.63, 3.8) is 0 Å². The molecule has 0 aliphatic heterocycles. The van der Waals surface area contributed by atoms with Crippen molar-refractivity contribution in [3.05, 3.63) is 11.6 Å². The lowest BCUT2D eigenvalue weighted by Gasteiger charge is -2.55. The molecule has 9 atom stereocenters. The van der Waals surface area contributed by atoms with Gasteiger partial charge in [0.25, 0.3) is 0 Å². The predicted octanol–water partition coefficient (Wildman–Crippen LogP) is 6.75. The van der Waals surface area contributed by atoms with Crippen LogP contribution in [-0.2, 0) is 14.3 Å². The summed E-state index contributed by atoms with van der Waals surface area (Å²) in [6, 6.07) is 0. The summed E-state index contributed by atoms with van der Waals surface area (Å²) in [5, 5.41) is 11.2. The van der Waals surface area contributed by atoms with Gasteiger partial charge in [0.2, 0.25) is 11.4 Å². The van der Waals surface area contributed by atoms with E-state index < -0.39 is 22.8 Å². The first-order chi connectivity index (χ1) is 16.4. The van der Waals surface area contributed by atoms with Crippen molar-refractivity contribution >= 4 is 11.8 Å². The molecule has 0 aromatic rings. The Balaban J connectivity index is 1.52. The molecular formula is C31H50O4. The normalized spacial score (nSPS) is 42.2. The number of aliphatic hydroxyl groups is 1. The number of carbonyl (C=O) groups is 2. The Bertz CT molecular complexity index is 860. The molecule has 4 rings (SSSR count). The highest BCUT2D eigenvalue weighted by Crippen LogP contribution is 2.68. The Morgan fingerprint density at radius 3 is 2.46 bits per heavy atom. The smallest absolute Gasteiger partial charge is 0.346 e. The topological polar surface area (TPSA) is 63.6 Å². The minimum Gasteiger partial charge on any atom is -0.464 e. The summed E-state index contributed by atoms with van der Waals surface area (Å²) in [6.07, 6.45) is 12.0. The third-order valence-corrected chi connectivity index (χ3v) is 11.5. The summed E-state index contributed by atoms with van der Waals surface area (Å²) < 4.78 is 5.14. The quantitative estimate of drug-likeness (QED) is 0.304. The molecule has 35 heavy (non-hydrogen) atoms. The van der Waals surface area contributed by atoms with Crippen LogP contribution in [-0.4, -0.2) is 29.1 Å². The van der Waals surface area contributed by atoms with E-state index in [4.69, 9.17) is 4.74 Å². The molecule has 4 aliphatic carbocycles. The largest absolute Gasteiger partial charge is 0.464 e. The number of allylic oxidation sites excluding steroid dienone is 1. The van der Waals surface area contributed by atoms with Gasteiger partial charge in [-0.3, -0.25) is 4.79 Å². The van der Waals surface area contributed by atoms with Gasteiger partial charge in [0.1, 0.15) is 0 Å². The van der Waals surface area contributed by atoms with E-state index in [0.717, 1.165) is 36.5 Å². The van der Waals surface area contributed by atoms with Gasteiger partial charge in [0, 0.05) is 17.4 Å². The fourth-order valence-corrected chi connectivity index (χ4v) is 9.58. The number of hydrogen-bond acceptors (Lipinski definition) is 4. The lowest BCUT2D eigenvalue weighted by Crippen LogP contribution is -2.49. The van der Waals surface area contributed by atoms with Crippen molar-refractivity contribution in [2.75, 3.05) is 6.61 Å². The van der Waals surface area contributed by atoms with E-state index in [-0.39, 0.29) is 13.0 Å². The predicted molar refractivity (Wildman–Crippen MR) is 140 cm³/mol. The second-order valence-corrected chi connectivity index (χ2v) is 13.4. The molecule has 3 fully saturated rings. The zero-order valence-corrected chi connectivity index (χ0v) is 23.4. The number of carbonyl (C=O) groups excluding carboxylic acids is 2. The van der Waals surface area contributed by atoms with Crippen molar-refractivity contribution in [2.45, 2.75) is 112 Å². The molecule has 0 unspecified atom stereocenters. The summed E-state index contributed by atoms with van der Waals surface area (Å²) in [5.74, 6) is 3.52. The number of rotatable bonds is 8. The first-order valence-electron chi connectivity index (χ1n) is 14.6. The third kappa shape index (κ3) is 4.14. The molecule has 0 bridgehead atoms. The van der Waals surface area contributed by atoms with E-state index in [0.29, 0.717) is 28.7 Å². The Morgan fingerprint density at radius 1 is 1.11 bits per heavy atom. The monoisotopic (exact) mass is 486 g/mol. The van der Waals surface area contributed by atoms with Crippen molar-refractivity contribution in [1.82, 2.24) is 0 Å². The van der Waals surface area contributed by atoms with Crippen LogP contribution >= 0.6 is 0 Å². The standard InChI is InChI=1S/C31H50O4/c1-8-21(19(3)4)11-10-20(5)23-14-15-24-22-12-13-26-27(32)31(34,28(33)35-9-2)18-30(26,7)25(22)16-17-29(23,24)6/h13,19-25,34H,8-12,14-18H2,1-7H3/t20-,21+,22+,23-,24+,25+,29-,30-,31+/m1/s1. The zero-order chi connectivity index (χ0) is 25.8. The van der Waals surface area contributed by atoms with Gasteiger partial charge in [-0.05, 0) is 92.3 Å². The fourth-order valence-electron chi connectivity index (χ4n) is 9.58. The van der Waals surface area contributed by atoms with E-state index in [2.05, 4.69) is 47.6 Å². The number of ketones is 1. The van der Waals surface area contributed by atoms with E-state index >= 15 is 0 Å². The Labute approximate surface area is 213 Å². The molecule has 4 nitrogen and oxygen atoms in total. The average molecular weight is 487 g/mol. The van der Waals surface area contributed by atoms with Gasteiger partial charge in [-0.15, -0.1) is 0 Å². The van der Waals surface area contributed by atoms with E-state index in [9.17, 15) is 14.7 Å². The van der Waals surface area contributed by atoms with Gasteiger partial charge in [-0.1, -0.05) is 60.5 Å². The van der Waals surface area contributed by atoms with Crippen LogP contribution in [0.25, 0.3) is 0 Å². The van der Waals surface area contributed by atoms with Crippen LogP contribution in [0.4, 0.5) is 0 Å². The van der Waals surface area contributed by atoms with Crippen molar-refractivity contribution < 1.29 is 19.4 Å². The molecular weight excluding hydrogens is 436 g/mol. The SMILES string of the molecule is CCOC(=O)[C@]1(O)C[C@@]2(C)C(=CC[C@H]3[C@@H]4CC[C@H]([C@H](C)CC[C@H](CC)C(C)C)[C@@]4(C)CC[C@@H]32)C1=O. The van der Waals surface area contributed by atoms with Gasteiger partial charge in [-0.2, -0.15) is 0 Å². The molecule has 3 saturated carbocycles. The maximum atomic E-state index is 13.3. The van der Waals surface area contributed by atoms with Gasteiger partial charge >= 0.3 is 5.97 Å². The van der Waals surface area contributed by atoms with Crippen molar-refractivity contribution in [3.8, 4) is 0 Å². The molecule has 198 valence electrons. The van der Waals surface area contributed by atoms with Crippen LogP contribution in [0.1, 0.15) is 106 Å². The number of ether oxygens (including phenoxy) is 1. The number of hydrogen-bond donors (Lipinski definition) is 1. The second-order valence-electron chi connectivity index (χ2n) is 13.4. The molecule has 0 amide bonds. The molecule has 0 heterocycles. The summed E-state index contributed by atoms with van der Waals surface area (Å²) in [5.41, 5.74) is -1.38. The van der Waals surface area contributed by atoms with E-state index in [1.807, 2.05) is 0 Å². The Morgan fingerprint density at radius 2 is 1.83 bits per heavy atom. The van der Waals surface area contributed by atoms with Crippen molar-refractivity contribution in [2.24, 2.45) is 52.3 Å². The van der Waals surface area contributed by atoms with Crippen LogP contribution in [0.15, 0.2) is 11.6 Å². The maximum absolute atomic E-state index is 13.3. The van der Waals surface area contributed by atoms with Crippen LogP contribution in [0.2, 0.25) is 0 Å². The third-order valence-electron chi connectivity index (χ3n) is 11.5. The highest BCUT2D eigenvalue weighted by Gasteiger charge is 2.67. The van der Waals surface area contributed by atoms with Gasteiger partial charge in [0.05, 0.1) is 6.61 Å². The summed E-state index contributed by atoms with van der Waals surface area (Å²) in [7, 11) is 0. The van der Waals surface area contributed by atoms with Gasteiger partial charge < -0.3 is 9.84 Å². The first kappa shape index (κ1) is 26.9. The van der Waals surface area contributed by atoms with Crippen LogP contribution in [0, 0.1) is 52.3 Å². The fraction of sp³-hybridized carbons (Fsp3) is 0.871. The second kappa shape index (κ2) is 9.62. The summed E-state index contributed by atoms with van der Waals surface area (Å²) >= 11 is 0. The highest BCUT2D eigenvalue weighted by atomic mass is 16.5. The van der Waals surface area contributed by atoms with Crippen LogP contribution in [0.3, 0.4) is 0 Å². The van der Waals surface area contributed by atoms with E-state index in [1.165, 1.54) is 38.5 Å². The van der Waals surface area contributed by atoms with Gasteiger partial charge in [0.15, 0.2) is 0 Å². The summed E-state index contributed by atoms with van der Waals surface area (Å²) in [6.45, 7) is 16.2. The maximum Gasteiger partial charge on any atom is 0.346 e. The molecule has 0 spiro atoms. The molecule has 0 radical (unpaired) electrons. The first-order valence-corrected chi connectivity index (χ1v) is 14.6. The molecule has 4 heteroatoms. The molecule has 4 aliphatic rings. The number of fused-ring (bicyclic) bond motifs is 5. The molecule has 0 aromatic carbocycles. The lowest BCUT2D eigenvalue weighted by atomic mass is 9.49. The molecule has 1 N–H and O–H groups in total. The highest BCUT2D eigenvalue weighted by molar-refractivity contribution is 6.18. The van der Waals surface area contributed by atoms with Crippen molar-refractivity contribution in [1.29, 1.82) is 0 Å². The van der Waals surface area contributed by atoms with Gasteiger partial charge in [-0.25, -0.2) is 4.79 Å². The van der Waals surface area contributed by atoms with Crippen LogP contribution < -0.4 is 0 Å².